The molecule has 0 aliphatic rings. The zero-order valence-electron chi connectivity index (χ0n) is 11.9. The van der Waals surface area contributed by atoms with Crippen molar-refractivity contribution in [3.63, 3.8) is 0 Å². The zero-order chi connectivity index (χ0) is 15.2. The normalized spacial score (nSPS) is 10.6. The van der Waals surface area contributed by atoms with Crippen LogP contribution in [0.25, 0.3) is 6.08 Å². The van der Waals surface area contributed by atoms with Gasteiger partial charge >= 0.3 is 0 Å². The maximum Gasteiger partial charge on any atom is 0.189 e. The summed E-state index contributed by atoms with van der Waals surface area (Å²) in [5.74, 6) is 0.781. The molecule has 2 rings (SSSR count). The number of carbonyl (C=O) groups is 1. The highest BCUT2D eigenvalue weighted by atomic mass is 16.5. The van der Waals surface area contributed by atoms with Gasteiger partial charge in [0.15, 0.2) is 5.78 Å². The maximum absolute atomic E-state index is 12.1. The molecular formula is C17H16O4. The lowest BCUT2D eigenvalue weighted by Crippen LogP contribution is -1.96. The average Bonchev–Trinajstić information content (AvgIpc) is 2.52. The Kier molecular flexibility index (Phi) is 4.61. The fraction of sp³-hybridized carbons (Fsp3) is 0.118. The van der Waals surface area contributed by atoms with E-state index >= 15 is 0 Å². The van der Waals surface area contributed by atoms with Crippen LogP contribution < -0.4 is 9.47 Å². The second-order valence-electron chi connectivity index (χ2n) is 4.32. The fourth-order valence-corrected chi connectivity index (χ4v) is 1.91. The number of methoxy groups -OCH3 is 2. The van der Waals surface area contributed by atoms with Crippen LogP contribution in [0.4, 0.5) is 0 Å². The summed E-state index contributed by atoms with van der Waals surface area (Å²) in [5, 5.41) is 9.83. The average molecular weight is 284 g/mol. The van der Waals surface area contributed by atoms with E-state index in [-0.39, 0.29) is 17.1 Å². The van der Waals surface area contributed by atoms with Crippen molar-refractivity contribution in [2.24, 2.45) is 0 Å². The molecule has 0 spiro atoms. The number of para-hydroxylation sites is 1. The van der Waals surface area contributed by atoms with Crippen molar-refractivity contribution >= 4 is 11.9 Å². The minimum Gasteiger partial charge on any atom is -0.507 e. The second-order valence-corrected chi connectivity index (χ2v) is 4.32. The number of phenols is 1. The van der Waals surface area contributed by atoms with Crippen molar-refractivity contribution in [1.82, 2.24) is 0 Å². The van der Waals surface area contributed by atoms with Gasteiger partial charge in [-0.05, 0) is 30.4 Å². The lowest BCUT2D eigenvalue weighted by atomic mass is 10.1. The van der Waals surface area contributed by atoms with Crippen molar-refractivity contribution < 1.29 is 19.4 Å². The Balaban J connectivity index is 2.23. The van der Waals surface area contributed by atoms with Gasteiger partial charge in [-0.3, -0.25) is 4.79 Å². The van der Waals surface area contributed by atoms with E-state index in [1.54, 1.807) is 19.3 Å². The van der Waals surface area contributed by atoms with Crippen molar-refractivity contribution in [2.45, 2.75) is 0 Å². The minimum atomic E-state index is -0.291. The van der Waals surface area contributed by atoms with E-state index in [9.17, 15) is 9.90 Å². The van der Waals surface area contributed by atoms with E-state index in [4.69, 9.17) is 9.47 Å². The predicted octanol–water partition coefficient (Wildman–Crippen LogP) is 3.31. The molecule has 0 saturated carbocycles. The molecule has 0 fully saturated rings. The molecule has 4 heteroatoms. The fourth-order valence-electron chi connectivity index (χ4n) is 1.91. The highest BCUT2D eigenvalue weighted by Gasteiger charge is 2.09. The number of ketones is 1. The van der Waals surface area contributed by atoms with Gasteiger partial charge in [0.1, 0.15) is 17.2 Å². The lowest BCUT2D eigenvalue weighted by Gasteiger charge is -2.05. The Labute approximate surface area is 123 Å². The number of rotatable bonds is 5. The SMILES string of the molecule is COc1ccc(C(=O)C=Cc2ccccc2OC)c(O)c1. The molecule has 2 aromatic carbocycles. The summed E-state index contributed by atoms with van der Waals surface area (Å²) in [5.41, 5.74) is 1.02. The van der Waals surface area contributed by atoms with Gasteiger partial charge in [-0.2, -0.15) is 0 Å². The van der Waals surface area contributed by atoms with Gasteiger partial charge in [0.2, 0.25) is 0 Å². The second kappa shape index (κ2) is 6.61. The van der Waals surface area contributed by atoms with E-state index in [1.165, 1.54) is 25.3 Å². The number of allylic oxidation sites excluding steroid dienone is 1. The Morgan fingerprint density at radius 3 is 2.52 bits per heavy atom. The summed E-state index contributed by atoms with van der Waals surface area (Å²) in [4.78, 5) is 12.1. The van der Waals surface area contributed by atoms with Crippen LogP contribution in [-0.2, 0) is 0 Å². The van der Waals surface area contributed by atoms with Crippen molar-refractivity contribution in [3.8, 4) is 17.2 Å². The monoisotopic (exact) mass is 284 g/mol. The summed E-state index contributed by atoms with van der Waals surface area (Å²) in [6.07, 6.45) is 3.06. The quantitative estimate of drug-likeness (QED) is 0.676. The Hall–Kier alpha value is -2.75. The van der Waals surface area contributed by atoms with Gasteiger partial charge in [0.05, 0.1) is 19.8 Å². The first-order valence-corrected chi connectivity index (χ1v) is 6.38. The predicted molar refractivity (Wildman–Crippen MR) is 81.0 cm³/mol. The first-order chi connectivity index (χ1) is 10.2. The van der Waals surface area contributed by atoms with Gasteiger partial charge < -0.3 is 14.6 Å². The van der Waals surface area contributed by atoms with Gasteiger partial charge in [0, 0.05) is 11.6 Å². The minimum absolute atomic E-state index is 0.107. The summed E-state index contributed by atoms with van der Waals surface area (Å²) in [7, 11) is 3.07. The summed E-state index contributed by atoms with van der Waals surface area (Å²) in [6.45, 7) is 0. The Morgan fingerprint density at radius 1 is 1.10 bits per heavy atom. The molecule has 4 nitrogen and oxygen atoms in total. The van der Waals surface area contributed by atoms with Crippen LogP contribution in [0.2, 0.25) is 0 Å². The van der Waals surface area contributed by atoms with E-state index in [0.717, 1.165) is 5.56 Å². The third-order valence-electron chi connectivity index (χ3n) is 3.02. The number of hydrogen-bond donors (Lipinski definition) is 1. The maximum atomic E-state index is 12.1. The molecular weight excluding hydrogens is 268 g/mol. The number of aromatic hydroxyl groups is 1. The van der Waals surface area contributed by atoms with Crippen molar-refractivity contribution in [3.05, 3.63) is 59.7 Å². The van der Waals surface area contributed by atoms with E-state index < -0.39 is 0 Å². The lowest BCUT2D eigenvalue weighted by molar-refractivity contribution is 0.104. The molecule has 0 aliphatic heterocycles. The van der Waals surface area contributed by atoms with Gasteiger partial charge in [0.25, 0.3) is 0 Å². The molecule has 0 saturated heterocycles. The molecule has 0 amide bonds. The highest BCUT2D eigenvalue weighted by molar-refractivity contribution is 6.08. The van der Waals surface area contributed by atoms with E-state index in [2.05, 4.69) is 0 Å². The van der Waals surface area contributed by atoms with Gasteiger partial charge in [-0.1, -0.05) is 18.2 Å². The summed E-state index contributed by atoms with van der Waals surface area (Å²) in [6, 6.07) is 11.9. The molecule has 108 valence electrons. The van der Waals surface area contributed by atoms with Gasteiger partial charge in [-0.15, -0.1) is 0 Å². The van der Waals surface area contributed by atoms with E-state index in [0.29, 0.717) is 11.5 Å². The summed E-state index contributed by atoms with van der Waals surface area (Å²) < 4.78 is 10.2. The van der Waals surface area contributed by atoms with Crippen molar-refractivity contribution in [1.29, 1.82) is 0 Å². The Bertz CT molecular complexity index is 674. The number of benzene rings is 2. The molecule has 0 radical (unpaired) electrons. The molecule has 1 N–H and O–H groups in total. The van der Waals surface area contributed by atoms with Crippen LogP contribution in [0.5, 0.6) is 17.2 Å². The molecule has 0 heterocycles. The van der Waals surface area contributed by atoms with Crippen LogP contribution in [0, 0.1) is 0 Å². The number of phenolic OH excluding ortho intramolecular Hbond substituents is 1. The third kappa shape index (κ3) is 3.42. The summed E-state index contributed by atoms with van der Waals surface area (Å²) >= 11 is 0. The largest absolute Gasteiger partial charge is 0.507 e. The topological polar surface area (TPSA) is 55.8 Å². The molecule has 2 aromatic rings. The highest BCUT2D eigenvalue weighted by Crippen LogP contribution is 2.25. The number of ether oxygens (including phenoxy) is 2. The van der Waals surface area contributed by atoms with Crippen LogP contribution in [0.1, 0.15) is 15.9 Å². The first-order valence-electron chi connectivity index (χ1n) is 6.38. The third-order valence-corrected chi connectivity index (χ3v) is 3.02. The molecule has 0 unspecified atom stereocenters. The van der Waals surface area contributed by atoms with Crippen LogP contribution in [0.3, 0.4) is 0 Å². The molecule has 0 aliphatic carbocycles. The Morgan fingerprint density at radius 2 is 1.86 bits per heavy atom. The van der Waals surface area contributed by atoms with Crippen LogP contribution in [-0.4, -0.2) is 25.1 Å². The molecule has 0 atom stereocenters. The zero-order valence-corrected chi connectivity index (χ0v) is 11.9. The number of hydrogen-bond acceptors (Lipinski definition) is 4. The number of carbonyl (C=O) groups excluding carboxylic acids is 1. The molecule has 0 bridgehead atoms. The van der Waals surface area contributed by atoms with Crippen LogP contribution >= 0.6 is 0 Å². The molecule has 21 heavy (non-hydrogen) atoms. The first kappa shape index (κ1) is 14.7. The van der Waals surface area contributed by atoms with Crippen LogP contribution in [0.15, 0.2) is 48.5 Å². The van der Waals surface area contributed by atoms with E-state index in [1.807, 2.05) is 24.3 Å². The van der Waals surface area contributed by atoms with Gasteiger partial charge in [-0.25, -0.2) is 0 Å². The smallest absolute Gasteiger partial charge is 0.189 e. The molecule has 0 aromatic heterocycles. The van der Waals surface area contributed by atoms with Crippen molar-refractivity contribution in [2.75, 3.05) is 14.2 Å². The standard InChI is InChI=1S/C17H16O4/c1-20-13-8-9-14(16(19)11-13)15(18)10-7-12-5-3-4-6-17(12)21-2/h3-11,19H,1-2H3.